The summed E-state index contributed by atoms with van der Waals surface area (Å²) in [6, 6.07) is 10.4. The zero-order valence-electron chi connectivity index (χ0n) is 10.0. The number of nitrogens with zero attached hydrogens (tertiary/aromatic N) is 1. The summed E-state index contributed by atoms with van der Waals surface area (Å²) in [5.41, 5.74) is 3.49. The minimum atomic E-state index is 0.281. The molecule has 0 atom stereocenters. The van der Waals surface area contributed by atoms with Crippen molar-refractivity contribution in [3.05, 3.63) is 41.6 Å². The maximum Gasteiger partial charge on any atom is 0.0708 e. The predicted octanol–water partition coefficient (Wildman–Crippen LogP) is 3.16. The molecular formula is C14H17NOS. The van der Waals surface area contributed by atoms with Crippen LogP contribution < -0.4 is 0 Å². The van der Waals surface area contributed by atoms with E-state index in [4.69, 9.17) is 5.11 Å². The number of hydrogen-bond acceptors (Lipinski definition) is 3. The molecule has 1 heterocycles. The standard InChI is InChI=1S/C14H17NOS/c1-11-9-12(10-17-8-4-7-16)13-5-2-3-6-14(13)15-11/h2-3,5-6,9,16H,4,7-8,10H2,1H3. The summed E-state index contributed by atoms with van der Waals surface area (Å²) < 4.78 is 0. The second-order valence-electron chi connectivity index (χ2n) is 4.07. The van der Waals surface area contributed by atoms with Crippen LogP contribution in [0.1, 0.15) is 17.7 Å². The van der Waals surface area contributed by atoms with Crippen LogP contribution in [0.3, 0.4) is 0 Å². The van der Waals surface area contributed by atoms with Gasteiger partial charge in [0.15, 0.2) is 0 Å². The second-order valence-corrected chi connectivity index (χ2v) is 5.17. The second kappa shape index (κ2) is 6.03. The molecule has 0 fully saturated rings. The quantitative estimate of drug-likeness (QED) is 0.824. The average molecular weight is 247 g/mol. The molecule has 0 aliphatic rings. The Kier molecular flexibility index (Phi) is 4.40. The number of benzene rings is 1. The maximum atomic E-state index is 8.76. The Morgan fingerprint density at radius 2 is 2.12 bits per heavy atom. The molecule has 1 aromatic carbocycles. The van der Waals surface area contributed by atoms with E-state index >= 15 is 0 Å². The van der Waals surface area contributed by atoms with Gasteiger partial charge in [-0.2, -0.15) is 11.8 Å². The molecule has 17 heavy (non-hydrogen) atoms. The van der Waals surface area contributed by atoms with Gasteiger partial charge < -0.3 is 5.11 Å². The number of pyridine rings is 1. The van der Waals surface area contributed by atoms with Gasteiger partial charge in [-0.1, -0.05) is 18.2 Å². The van der Waals surface area contributed by atoms with Crippen LogP contribution in [0.2, 0.25) is 0 Å². The fraction of sp³-hybridized carbons (Fsp3) is 0.357. The monoisotopic (exact) mass is 247 g/mol. The van der Waals surface area contributed by atoms with Crippen LogP contribution in [0.4, 0.5) is 0 Å². The van der Waals surface area contributed by atoms with Crippen LogP contribution in [-0.2, 0) is 5.75 Å². The van der Waals surface area contributed by atoms with Crippen molar-refractivity contribution < 1.29 is 5.11 Å². The predicted molar refractivity (Wildman–Crippen MR) is 74.3 cm³/mol. The van der Waals surface area contributed by atoms with Crippen molar-refractivity contribution in [2.24, 2.45) is 0 Å². The molecule has 1 N–H and O–H groups in total. The number of aliphatic hydroxyl groups is 1. The first-order valence-electron chi connectivity index (χ1n) is 5.85. The molecule has 2 nitrogen and oxygen atoms in total. The zero-order chi connectivity index (χ0) is 12.1. The summed E-state index contributed by atoms with van der Waals surface area (Å²) >= 11 is 1.87. The number of hydrogen-bond donors (Lipinski definition) is 1. The molecule has 0 aliphatic heterocycles. The molecule has 2 rings (SSSR count). The van der Waals surface area contributed by atoms with Crippen molar-refractivity contribution in [3.8, 4) is 0 Å². The fourth-order valence-electron chi connectivity index (χ4n) is 1.86. The third kappa shape index (κ3) is 3.20. The number of aromatic nitrogens is 1. The Morgan fingerprint density at radius 3 is 2.94 bits per heavy atom. The van der Waals surface area contributed by atoms with Crippen LogP contribution in [-0.4, -0.2) is 22.5 Å². The lowest BCUT2D eigenvalue weighted by Crippen LogP contribution is -1.92. The third-order valence-corrected chi connectivity index (χ3v) is 3.73. The van der Waals surface area contributed by atoms with Gasteiger partial charge in [0, 0.05) is 23.4 Å². The maximum absolute atomic E-state index is 8.76. The SMILES string of the molecule is Cc1cc(CSCCCO)c2ccccc2n1. The van der Waals surface area contributed by atoms with Crippen molar-refractivity contribution in [2.75, 3.05) is 12.4 Å². The normalized spacial score (nSPS) is 10.9. The van der Waals surface area contributed by atoms with E-state index < -0.39 is 0 Å². The molecule has 90 valence electrons. The molecule has 0 aliphatic carbocycles. The molecule has 0 unspecified atom stereocenters. The van der Waals surface area contributed by atoms with E-state index in [1.807, 2.05) is 24.8 Å². The first kappa shape index (κ1) is 12.4. The summed E-state index contributed by atoms with van der Waals surface area (Å²) in [6.45, 7) is 2.32. The van der Waals surface area contributed by atoms with Crippen molar-refractivity contribution in [1.29, 1.82) is 0 Å². The minimum absolute atomic E-state index is 0.281. The van der Waals surface area contributed by atoms with Gasteiger partial charge in [0.05, 0.1) is 5.52 Å². The largest absolute Gasteiger partial charge is 0.396 e. The topological polar surface area (TPSA) is 33.1 Å². The van der Waals surface area contributed by atoms with Crippen LogP contribution in [0, 0.1) is 6.92 Å². The van der Waals surface area contributed by atoms with Gasteiger partial charge in [-0.05, 0) is 36.8 Å². The highest BCUT2D eigenvalue weighted by atomic mass is 32.2. The van der Waals surface area contributed by atoms with E-state index in [0.29, 0.717) is 0 Å². The molecule has 1 aromatic heterocycles. The van der Waals surface area contributed by atoms with Crippen LogP contribution in [0.15, 0.2) is 30.3 Å². The number of aryl methyl sites for hydroxylation is 1. The van der Waals surface area contributed by atoms with Crippen molar-refractivity contribution in [1.82, 2.24) is 4.98 Å². The van der Waals surface area contributed by atoms with Crippen molar-refractivity contribution in [3.63, 3.8) is 0 Å². The summed E-state index contributed by atoms with van der Waals surface area (Å²) in [7, 11) is 0. The van der Waals surface area contributed by atoms with Gasteiger partial charge >= 0.3 is 0 Å². The Morgan fingerprint density at radius 1 is 1.29 bits per heavy atom. The number of aliphatic hydroxyl groups excluding tert-OH is 1. The summed E-state index contributed by atoms with van der Waals surface area (Å²) in [6.07, 6.45) is 0.868. The highest BCUT2D eigenvalue weighted by molar-refractivity contribution is 7.98. The van der Waals surface area contributed by atoms with Gasteiger partial charge in [0.2, 0.25) is 0 Å². The molecule has 0 amide bonds. The third-order valence-electron chi connectivity index (χ3n) is 2.63. The van der Waals surface area contributed by atoms with Crippen LogP contribution in [0.25, 0.3) is 10.9 Å². The molecule has 0 saturated carbocycles. The Bertz CT molecular complexity index is 499. The number of thioether (sulfide) groups is 1. The van der Waals surface area contributed by atoms with Crippen molar-refractivity contribution >= 4 is 22.7 Å². The lowest BCUT2D eigenvalue weighted by atomic mass is 10.1. The summed E-state index contributed by atoms with van der Waals surface area (Å²) in [5, 5.41) is 10.0. The molecule has 0 spiro atoms. The highest BCUT2D eigenvalue weighted by Crippen LogP contribution is 2.22. The lowest BCUT2D eigenvalue weighted by Gasteiger charge is -2.07. The van der Waals surface area contributed by atoms with E-state index in [2.05, 4.69) is 29.2 Å². The Labute approximate surface area is 106 Å². The highest BCUT2D eigenvalue weighted by Gasteiger charge is 2.03. The van der Waals surface area contributed by atoms with Crippen LogP contribution >= 0.6 is 11.8 Å². The van der Waals surface area contributed by atoms with E-state index in [-0.39, 0.29) is 6.61 Å². The van der Waals surface area contributed by atoms with Gasteiger partial charge in [-0.3, -0.25) is 4.98 Å². The fourth-order valence-corrected chi connectivity index (χ4v) is 2.80. The molecule has 3 heteroatoms. The van der Waals surface area contributed by atoms with Gasteiger partial charge in [0.25, 0.3) is 0 Å². The smallest absolute Gasteiger partial charge is 0.0708 e. The average Bonchev–Trinajstić information content (AvgIpc) is 2.34. The van der Waals surface area contributed by atoms with Gasteiger partial charge in [0.1, 0.15) is 0 Å². The van der Waals surface area contributed by atoms with Gasteiger partial charge in [-0.15, -0.1) is 0 Å². The van der Waals surface area contributed by atoms with Crippen LogP contribution in [0.5, 0.6) is 0 Å². The molecule has 2 aromatic rings. The molecule has 0 bridgehead atoms. The number of fused-ring (bicyclic) bond motifs is 1. The van der Waals surface area contributed by atoms with Gasteiger partial charge in [-0.25, -0.2) is 0 Å². The van der Waals surface area contributed by atoms with E-state index in [0.717, 1.165) is 29.1 Å². The first-order chi connectivity index (χ1) is 8.31. The Balaban J connectivity index is 2.20. The van der Waals surface area contributed by atoms with E-state index in [9.17, 15) is 0 Å². The minimum Gasteiger partial charge on any atom is -0.396 e. The molecule has 0 radical (unpaired) electrons. The Hall–Kier alpha value is -1.06. The lowest BCUT2D eigenvalue weighted by molar-refractivity contribution is 0.296. The first-order valence-corrected chi connectivity index (χ1v) is 7.00. The molecular weight excluding hydrogens is 230 g/mol. The summed E-state index contributed by atoms with van der Waals surface area (Å²) in [5.74, 6) is 2.00. The van der Waals surface area contributed by atoms with E-state index in [1.54, 1.807) is 0 Å². The zero-order valence-corrected chi connectivity index (χ0v) is 10.8. The molecule has 0 saturated heterocycles. The van der Waals surface area contributed by atoms with E-state index in [1.165, 1.54) is 10.9 Å². The number of rotatable bonds is 5. The number of para-hydroxylation sites is 1. The summed E-state index contributed by atoms with van der Waals surface area (Å²) in [4.78, 5) is 4.53. The van der Waals surface area contributed by atoms with Crippen molar-refractivity contribution in [2.45, 2.75) is 19.1 Å².